The van der Waals surface area contributed by atoms with Crippen molar-refractivity contribution in [3.63, 3.8) is 0 Å². The Morgan fingerprint density at radius 3 is 1.87 bits per heavy atom. The number of hydrogen-bond acceptors (Lipinski definition) is 1. The van der Waals surface area contributed by atoms with Gasteiger partial charge in [-0.05, 0) is 40.0 Å². The minimum atomic E-state index is 0.0409. The van der Waals surface area contributed by atoms with Crippen molar-refractivity contribution in [1.29, 1.82) is 0 Å². The Morgan fingerprint density at radius 2 is 1.53 bits per heavy atom. The van der Waals surface area contributed by atoms with E-state index < -0.39 is 0 Å². The molecule has 0 saturated carbocycles. The summed E-state index contributed by atoms with van der Waals surface area (Å²) in [6, 6.07) is 0. The summed E-state index contributed by atoms with van der Waals surface area (Å²) in [7, 11) is 0. The predicted octanol–water partition coefficient (Wildman–Crippen LogP) is 3.32. The summed E-state index contributed by atoms with van der Waals surface area (Å²) >= 11 is 0. The molecule has 1 aliphatic heterocycles. The molecule has 1 fully saturated rings. The Labute approximate surface area is 94.8 Å². The lowest BCUT2D eigenvalue weighted by molar-refractivity contribution is 0.298. The van der Waals surface area contributed by atoms with Crippen LogP contribution in [0.2, 0.25) is 0 Å². The van der Waals surface area contributed by atoms with Crippen molar-refractivity contribution < 1.29 is 0 Å². The van der Waals surface area contributed by atoms with Gasteiger partial charge in [-0.1, -0.05) is 20.8 Å². The van der Waals surface area contributed by atoms with Crippen LogP contribution in [-0.2, 0) is 0 Å². The number of nitrogens with zero attached hydrogens (tertiary/aromatic N) is 2. The first-order valence-corrected chi connectivity index (χ1v) is 5.81. The Kier molecular flexibility index (Phi) is 2.70. The third-order valence-electron chi connectivity index (χ3n) is 2.50. The molecule has 0 radical (unpaired) electrons. The van der Waals surface area contributed by atoms with Gasteiger partial charge in [-0.25, -0.2) is 0 Å². The van der Waals surface area contributed by atoms with Gasteiger partial charge in [0.25, 0.3) is 0 Å². The van der Waals surface area contributed by atoms with Crippen LogP contribution in [0.5, 0.6) is 0 Å². The molecule has 0 bridgehead atoms. The first-order chi connectivity index (χ1) is 6.43. The molecular formula is C13H26N2. The molecule has 0 aromatic carbocycles. The number of hydrogen-bond donors (Lipinski definition) is 0. The Hall–Kier alpha value is -0.530. The summed E-state index contributed by atoms with van der Waals surface area (Å²) in [5.74, 6) is 1.27. The topological polar surface area (TPSA) is 15.4 Å². The quantitative estimate of drug-likeness (QED) is 0.606. The molecule has 0 aliphatic carbocycles. The highest BCUT2D eigenvalue weighted by Gasteiger charge is 2.52. The zero-order valence-electron chi connectivity index (χ0n) is 11.6. The number of rotatable bonds is 1. The smallest absolute Gasteiger partial charge is 0.126 e. The van der Waals surface area contributed by atoms with Gasteiger partial charge in [0.2, 0.25) is 0 Å². The second-order valence-electron chi connectivity index (χ2n) is 7.31. The van der Waals surface area contributed by atoms with Crippen LogP contribution in [0.4, 0.5) is 0 Å². The van der Waals surface area contributed by atoms with Crippen molar-refractivity contribution in [3.8, 4) is 0 Å². The molecular weight excluding hydrogens is 184 g/mol. The van der Waals surface area contributed by atoms with Crippen molar-refractivity contribution in [2.24, 2.45) is 10.4 Å². The van der Waals surface area contributed by atoms with Gasteiger partial charge in [0, 0.05) is 6.54 Å². The van der Waals surface area contributed by atoms with Crippen LogP contribution in [0.15, 0.2) is 4.99 Å². The van der Waals surface area contributed by atoms with Gasteiger partial charge >= 0.3 is 0 Å². The molecule has 0 unspecified atom stereocenters. The van der Waals surface area contributed by atoms with Crippen molar-refractivity contribution >= 4 is 5.84 Å². The standard InChI is InChI=1S/C13H26N2/c1-11(2,3)9-15-10(13(15,7)8)14-12(4,5)6/h9H2,1-8H3. The molecule has 0 atom stereocenters. The third-order valence-corrected chi connectivity index (χ3v) is 2.50. The second kappa shape index (κ2) is 3.23. The summed E-state index contributed by atoms with van der Waals surface area (Å²) in [6.45, 7) is 18.9. The molecule has 2 nitrogen and oxygen atoms in total. The SMILES string of the molecule is CC(C)(C)CN1C(=NC(C)(C)C)C1(C)C. The van der Waals surface area contributed by atoms with E-state index in [1.165, 1.54) is 5.84 Å². The summed E-state index contributed by atoms with van der Waals surface area (Å²) in [4.78, 5) is 7.20. The van der Waals surface area contributed by atoms with E-state index in [1.807, 2.05) is 0 Å². The predicted molar refractivity (Wildman–Crippen MR) is 67.4 cm³/mol. The molecule has 1 saturated heterocycles. The molecule has 88 valence electrons. The summed E-state index contributed by atoms with van der Waals surface area (Å²) in [5, 5.41) is 0. The number of aliphatic imine (C=N–C) groups is 1. The third kappa shape index (κ3) is 3.22. The zero-order chi connectivity index (χ0) is 12.1. The average molecular weight is 210 g/mol. The fraction of sp³-hybridized carbons (Fsp3) is 0.923. The monoisotopic (exact) mass is 210 g/mol. The molecule has 15 heavy (non-hydrogen) atoms. The van der Waals surface area contributed by atoms with E-state index in [2.05, 4.69) is 60.3 Å². The van der Waals surface area contributed by atoms with E-state index >= 15 is 0 Å². The first-order valence-electron chi connectivity index (χ1n) is 5.81. The highest BCUT2D eigenvalue weighted by molar-refractivity contribution is 6.06. The molecule has 0 N–H and O–H groups in total. The van der Waals surface area contributed by atoms with Gasteiger partial charge < -0.3 is 4.90 Å². The summed E-state index contributed by atoms with van der Waals surface area (Å²) < 4.78 is 0. The zero-order valence-corrected chi connectivity index (χ0v) is 11.6. The van der Waals surface area contributed by atoms with E-state index in [-0.39, 0.29) is 11.1 Å². The van der Waals surface area contributed by atoms with E-state index in [0.29, 0.717) is 5.41 Å². The molecule has 1 rings (SSSR count). The lowest BCUT2D eigenvalue weighted by Gasteiger charge is -2.20. The summed E-state index contributed by atoms with van der Waals surface area (Å²) in [6.07, 6.45) is 0. The Morgan fingerprint density at radius 1 is 1.07 bits per heavy atom. The molecule has 1 aliphatic rings. The van der Waals surface area contributed by atoms with Crippen LogP contribution in [-0.4, -0.2) is 28.4 Å². The summed E-state index contributed by atoms with van der Waals surface area (Å²) in [5.41, 5.74) is 0.562. The molecule has 0 aromatic rings. The molecule has 0 amide bonds. The second-order valence-corrected chi connectivity index (χ2v) is 7.31. The van der Waals surface area contributed by atoms with Crippen molar-refractivity contribution in [2.45, 2.75) is 66.5 Å². The van der Waals surface area contributed by atoms with Crippen LogP contribution in [0.1, 0.15) is 55.4 Å². The van der Waals surface area contributed by atoms with Gasteiger partial charge in [-0.3, -0.25) is 4.99 Å². The molecule has 0 spiro atoms. The first kappa shape index (κ1) is 12.5. The normalized spacial score (nSPS) is 23.5. The van der Waals surface area contributed by atoms with E-state index in [1.54, 1.807) is 0 Å². The van der Waals surface area contributed by atoms with Gasteiger partial charge in [0.1, 0.15) is 5.84 Å². The van der Waals surface area contributed by atoms with Crippen molar-refractivity contribution in [2.75, 3.05) is 6.54 Å². The maximum atomic E-state index is 4.78. The average Bonchev–Trinajstić information content (AvgIpc) is 2.32. The van der Waals surface area contributed by atoms with Crippen molar-refractivity contribution in [1.82, 2.24) is 4.90 Å². The largest absolute Gasteiger partial charge is 0.346 e. The van der Waals surface area contributed by atoms with Crippen LogP contribution >= 0.6 is 0 Å². The van der Waals surface area contributed by atoms with Gasteiger partial charge in [0.05, 0.1) is 11.1 Å². The van der Waals surface area contributed by atoms with E-state index in [9.17, 15) is 0 Å². The maximum Gasteiger partial charge on any atom is 0.126 e. The van der Waals surface area contributed by atoms with Gasteiger partial charge in [-0.15, -0.1) is 0 Å². The van der Waals surface area contributed by atoms with Gasteiger partial charge in [-0.2, -0.15) is 0 Å². The maximum absolute atomic E-state index is 4.78. The van der Waals surface area contributed by atoms with Crippen LogP contribution in [0.3, 0.4) is 0 Å². The van der Waals surface area contributed by atoms with Crippen molar-refractivity contribution in [3.05, 3.63) is 0 Å². The fourth-order valence-electron chi connectivity index (χ4n) is 1.73. The Bertz CT molecular complexity index is 274. The van der Waals surface area contributed by atoms with Gasteiger partial charge in [0.15, 0.2) is 0 Å². The molecule has 1 heterocycles. The fourth-order valence-corrected chi connectivity index (χ4v) is 1.73. The molecule has 2 heteroatoms. The minimum Gasteiger partial charge on any atom is -0.346 e. The van der Waals surface area contributed by atoms with Crippen LogP contribution in [0.25, 0.3) is 0 Å². The van der Waals surface area contributed by atoms with E-state index in [4.69, 9.17) is 4.99 Å². The lowest BCUT2D eigenvalue weighted by Crippen LogP contribution is -2.22. The Balaban J connectivity index is 2.76. The highest BCUT2D eigenvalue weighted by Crippen LogP contribution is 2.39. The highest BCUT2D eigenvalue weighted by atomic mass is 15.4. The lowest BCUT2D eigenvalue weighted by atomic mass is 9.97. The minimum absolute atomic E-state index is 0.0409. The van der Waals surface area contributed by atoms with Crippen LogP contribution < -0.4 is 0 Å². The molecule has 0 aromatic heterocycles. The van der Waals surface area contributed by atoms with E-state index in [0.717, 1.165) is 6.54 Å². The number of amidine groups is 1. The van der Waals surface area contributed by atoms with Crippen LogP contribution in [0, 0.1) is 5.41 Å².